The number of imidazole rings is 1. The summed E-state index contributed by atoms with van der Waals surface area (Å²) in [5, 5.41) is 8.63. The molecule has 0 atom stereocenters. The van der Waals surface area contributed by atoms with Crippen molar-refractivity contribution in [3.63, 3.8) is 0 Å². The normalized spacial score (nSPS) is 10.9. The van der Waals surface area contributed by atoms with Crippen molar-refractivity contribution in [2.75, 3.05) is 12.4 Å². The van der Waals surface area contributed by atoms with Gasteiger partial charge in [-0.3, -0.25) is 4.40 Å². The fraction of sp³-hybridized carbons (Fsp3) is 0.333. The Balaban J connectivity index is 2.11. The van der Waals surface area contributed by atoms with Crippen molar-refractivity contribution in [1.29, 1.82) is 0 Å². The summed E-state index contributed by atoms with van der Waals surface area (Å²) in [6, 6.07) is 1.87. The summed E-state index contributed by atoms with van der Waals surface area (Å²) in [5.41, 5.74) is 1.00. The van der Waals surface area contributed by atoms with Crippen molar-refractivity contribution in [3.05, 3.63) is 30.4 Å². The van der Waals surface area contributed by atoms with Crippen LogP contribution in [0.15, 0.2) is 24.7 Å². The number of hydrogen-bond donors (Lipinski definition) is 1. The number of fused-ring (bicyclic) bond motifs is 1. The SMILES string of the molecule is OCCSCc1cn2cccnc2n1. The molecule has 0 aliphatic carbocycles. The van der Waals surface area contributed by atoms with Crippen LogP contribution in [-0.2, 0) is 5.75 Å². The minimum atomic E-state index is 0.219. The second-order valence-corrected chi connectivity index (χ2v) is 3.94. The Morgan fingerprint density at radius 3 is 3.21 bits per heavy atom. The molecule has 0 saturated heterocycles. The third-order valence-corrected chi connectivity index (χ3v) is 2.74. The third kappa shape index (κ3) is 2.05. The summed E-state index contributed by atoms with van der Waals surface area (Å²) in [5.74, 6) is 2.30. The van der Waals surface area contributed by atoms with Gasteiger partial charge in [-0.1, -0.05) is 0 Å². The molecule has 4 nitrogen and oxygen atoms in total. The highest BCUT2D eigenvalue weighted by Gasteiger charge is 2.00. The molecule has 0 amide bonds. The molecule has 0 spiro atoms. The Bertz CT molecular complexity index is 382. The molecule has 2 aromatic heterocycles. The van der Waals surface area contributed by atoms with E-state index in [-0.39, 0.29) is 6.61 Å². The standard InChI is InChI=1S/C9H11N3OS/c13-4-5-14-7-8-6-12-3-1-2-10-9(12)11-8/h1-3,6,13H,4-5,7H2. The van der Waals surface area contributed by atoms with Gasteiger partial charge in [0.25, 0.3) is 0 Å². The zero-order chi connectivity index (χ0) is 9.80. The summed E-state index contributed by atoms with van der Waals surface area (Å²) in [6.45, 7) is 0.219. The molecule has 5 heteroatoms. The van der Waals surface area contributed by atoms with E-state index in [1.54, 1.807) is 18.0 Å². The molecule has 0 unspecified atom stereocenters. The number of thioether (sulfide) groups is 1. The molecule has 0 fully saturated rings. The van der Waals surface area contributed by atoms with Crippen LogP contribution < -0.4 is 0 Å². The number of aliphatic hydroxyl groups is 1. The van der Waals surface area contributed by atoms with Crippen LogP contribution in [0.3, 0.4) is 0 Å². The first-order valence-electron chi connectivity index (χ1n) is 4.37. The Hall–Kier alpha value is -1.07. The molecule has 0 bridgehead atoms. The maximum absolute atomic E-state index is 8.63. The lowest BCUT2D eigenvalue weighted by Gasteiger charge is -1.92. The van der Waals surface area contributed by atoms with Crippen LogP contribution in [0.25, 0.3) is 5.78 Å². The van der Waals surface area contributed by atoms with E-state index in [1.165, 1.54) is 0 Å². The van der Waals surface area contributed by atoms with Crippen molar-refractivity contribution >= 4 is 17.5 Å². The van der Waals surface area contributed by atoms with Gasteiger partial charge in [0.1, 0.15) is 0 Å². The van der Waals surface area contributed by atoms with Crippen LogP contribution in [0.1, 0.15) is 5.69 Å². The van der Waals surface area contributed by atoms with Gasteiger partial charge in [-0.2, -0.15) is 11.8 Å². The smallest absolute Gasteiger partial charge is 0.233 e. The summed E-state index contributed by atoms with van der Waals surface area (Å²) in [7, 11) is 0. The highest BCUT2D eigenvalue weighted by Crippen LogP contribution is 2.10. The van der Waals surface area contributed by atoms with E-state index in [4.69, 9.17) is 5.11 Å². The second-order valence-electron chi connectivity index (χ2n) is 2.84. The van der Waals surface area contributed by atoms with Crippen LogP contribution in [-0.4, -0.2) is 31.8 Å². The fourth-order valence-corrected chi connectivity index (χ4v) is 1.81. The molecular formula is C9H11N3OS. The minimum Gasteiger partial charge on any atom is -0.396 e. The van der Waals surface area contributed by atoms with Crippen LogP contribution in [0.4, 0.5) is 0 Å². The number of hydrogen-bond acceptors (Lipinski definition) is 4. The number of aliphatic hydroxyl groups excluding tert-OH is 1. The van der Waals surface area contributed by atoms with E-state index >= 15 is 0 Å². The van der Waals surface area contributed by atoms with E-state index < -0.39 is 0 Å². The van der Waals surface area contributed by atoms with Crippen molar-refractivity contribution in [3.8, 4) is 0 Å². The second kappa shape index (κ2) is 4.43. The number of aromatic nitrogens is 3. The third-order valence-electron chi connectivity index (χ3n) is 1.77. The highest BCUT2D eigenvalue weighted by molar-refractivity contribution is 7.98. The van der Waals surface area contributed by atoms with Gasteiger partial charge >= 0.3 is 0 Å². The molecular weight excluding hydrogens is 198 g/mol. The van der Waals surface area contributed by atoms with E-state index in [0.717, 1.165) is 23.0 Å². The van der Waals surface area contributed by atoms with Crippen LogP contribution in [0, 0.1) is 0 Å². The van der Waals surface area contributed by atoms with E-state index in [1.807, 2.05) is 22.9 Å². The molecule has 0 aliphatic heterocycles. The molecule has 0 aliphatic rings. The monoisotopic (exact) mass is 209 g/mol. The molecule has 1 N–H and O–H groups in total. The molecule has 14 heavy (non-hydrogen) atoms. The Labute approximate surface area is 86.0 Å². The molecule has 2 rings (SSSR count). The molecule has 2 aromatic rings. The highest BCUT2D eigenvalue weighted by atomic mass is 32.2. The van der Waals surface area contributed by atoms with Gasteiger partial charge in [0.05, 0.1) is 12.3 Å². The lowest BCUT2D eigenvalue weighted by molar-refractivity contribution is 0.322. The first kappa shape index (κ1) is 9.48. The van der Waals surface area contributed by atoms with Crippen molar-refractivity contribution < 1.29 is 5.11 Å². The van der Waals surface area contributed by atoms with Crippen LogP contribution in [0.2, 0.25) is 0 Å². The summed E-state index contributed by atoms with van der Waals surface area (Å²) in [4.78, 5) is 8.46. The fourth-order valence-electron chi connectivity index (χ4n) is 1.19. The maximum Gasteiger partial charge on any atom is 0.233 e. The van der Waals surface area contributed by atoms with Gasteiger partial charge in [0.2, 0.25) is 5.78 Å². The summed E-state index contributed by atoms with van der Waals surface area (Å²) < 4.78 is 1.90. The van der Waals surface area contributed by atoms with Crippen LogP contribution in [0.5, 0.6) is 0 Å². The predicted octanol–water partition coefficient (Wildman–Crippen LogP) is 0.955. The Morgan fingerprint density at radius 2 is 2.43 bits per heavy atom. The average molecular weight is 209 g/mol. The van der Waals surface area contributed by atoms with Crippen molar-refractivity contribution in [1.82, 2.24) is 14.4 Å². The molecule has 2 heterocycles. The van der Waals surface area contributed by atoms with E-state index in [2.05, 4.69) is 9.97 Å². The summed E-state index contributed by atoms with van der Waals surface area (Å²) >= 11 is 1.67. The van der Waals surface area contributed by atoms with E-state index in [9.17, 15) is 0 Å². The van der Waals surface area contributed by atoms with Gasteiger partial charge in [-0.25, -0.2) is 9.97 Å². The van der Waals surface area contributed by atoms with Gasteiger partial charge in [0, 0.05) is 30.1 Å². The van der Waals surface area contributed by atoms with Crippen molar-refractivity contribution in [2.45, 2.75) is 5.75 Å². The lowest BCUT2D eigenvalue weighted by Crippen LogP contribution is -1.87. The van der Waals surface area contributed by atoms with Gasteiger partial charge in [0.15, 0.2) is 0 Å². The first-order chi connectivity index (χ1) is 6.90. The van der Waals surface area contributed by atoms with Gasteiger partial charge < -0.3 is 5.11 Å². The maximum atomic E-state index is 8.63. The van der Waals surface area contributed by atoms with Gasteiger partial charge in [-0.15, -0.1) is 0 Å². The topological polar surface area (TPSA) is 50.4 Å². The Morgan fingerprint density at radius 1 is 1.50 bits per heavy atom. The minimum absolute atomic E-state index is 0.219. The summed E-state index contributed by atoms with van der Waals surface area (Å²) in [6.07, 6.45) is 5.62. The van der Waals surface area contributed by atoms with Crippen LogP contribution >= 0.6 is 11.8 Å². The van der Waals surface area contributed by atoms with Gasteiger partial charge in [-0.05, 0) is 6.07 Å². The number of nitrogens with zero attached hydrogens (tertiary/aromatic N) is 3. The number of rotatable bonds is 4. The zero-order valence-corrected chi connectivity index (χ0v) is 8.44. The lowest BCUT2D eigenvalue weighted by atomic mass is 10.6. The molecule has 0 radical (unpaired) electrons. The largest absolute Gasteiger partial charge is 0.396 e. The quantitative estimate of drug-likeness (QED) is 0.762. The molecule has 74 valence electrons. The van der Waals surface area contributed by atoms with E-state index in [0.29, 0.717) is 0 Å². The average Bonchev–Trinajstić information content (AvgIpc) is 2.60. The predicted molar refractivity (Wildman–Crippen MR) is 56.2 cm³/mol. The zero-order valence-electron chi connectivity index (χ0n) is 7.63. The molecule has 0 aromatic carbocycles. The Kier molecular flexibility index (Phi) is 3.00. The first-order valence-corrected chi connectivity index (χ1v) is 5.53. The van der Waals surface area contributed by atoms with Crippen molar-refractivity contribution in [2.24, 2.45) is 0 Å². The molecule has 0 saturated carbocycles.